The third-order valence-electron chi connectivity index (χ3n) is 4.74. The number of ketones is 1. The fraction of sp³-hybridized carbons (Fsp3) is 0.750. The fourth-order valence-electron chi connectivity index (χ4n) is 3.07. The highest BCUT2D eigenvalue weighted by Crippen LogP contribution is 2.44. The minimum Gasteiger partial charge on any atom is -0.349 e. The molecule has 0 N–H and O–H groups in total. The average Bonchev–Trinajstić information content (AvgIpc) is 2.64. The molecule has 126 valence electrons. The Hall–Kier alpha value is -1.05. The molecule has 0 aliphatic carbocycles. The molecule has 0 bridgehead atoms. The smallest absolute Gasteiger partial charge is 0.138 e. The van der Waals surface area contributed by atoms with Crippen molar-refractivity contribution >= 4 is 5.78 Å². The zero-order valence-corrected chi connectivity index (χ0v) is 15.6. The summed E-state index contributed by atoms with van der Waals surface area (Å²) in [6, 6.07) is 0. The van der Waals surface area contributed by atoms with Crippen LogP contribution < -0.4 is 0 Å². The zero-order chi connectivity index (χ0) is 17.1. The van der Waals surface area contributed by atoms with Gasteiger partial charge in [0.1, 0.15) is 5.78 Å². The van der Waals surface area contributed by atoms with Gasteiger partial charge >= 0.3 is 0 Å². The lowest BCUT2D eigenvalue weighted by molar-refractivity contribution is -0.126. The van der Waals surface area contributed by atoms with Gasteiger partial charge in [0.05, 0.1) is 0 Å². The molecule has 0 aromatic heterocycles. The number of Topliss-reactive ketones (excluding diaryl/α,β-unsaturated/α-hetero) is 1. The quantitative estimate of drug-likeness (QED) is 0.599. The van der Waals surface area contributed by atoms with E-state index < -0.39 is 0 Å². The topological polar surface area (TPSA) is 20.3 Å². The van der Waals surface area contributed by atoms with E-state index in [2.05, 4.69) is 38.8 Å². The lowest BCUT2D eigenvalue weighted by Gasteiger charge is -2.29. The Morgan fingerprint density at radius 1 is 1.09 bits per heavy atom. The summed E-state index contributed by atoms with van der Waals surface area (Å²) in [5.74, 6) is 0.873. The molecule has 2 heteroatoms. The highest BCUT2D eigenvalue weighted by molar-refractivity contribution is 5.83. The number of carbonyl (C=O) groups is 1. The van der Waals surface area contributed by atoms with E-state index in [0.29, 0.717) is 18.1 Å². The van der Waals surface area contributed by atoms with Gasteiger partial charge in [-0.25, -0.2) is 0 Å². The van der Waals surface area contributed by atoms with E-state index in [9.17, 15) is 4.79 Å². The number of rotatable bonds is 6. The molecule has 0 spiro atoms. The molecule has 0 aromatic carbocycles. The Labute approximate surface area is 137 Å². The molecular weight excluding hydrogens is 270 g/mol. The van der Waals surface area contributed by atoms with Crippen LogP contribution in [0.25, 0.3) is 0 Å². The molecule has 1 aliphatic heterocycles. The number of unbranched alkanes of at least 4 members (excludes halogenated alkanes) is 2. The van der Waals surface area contributed by atoms with Gasteiger partial charge in [0.15, 0.2) is 0 Å². The number of hydrogen-bond donors (Lipinski definition) is 0. The lowest BCUT2D eigenvalue weighted by Crippen LogP contribution is -2.23. The molecule has 0 aromatic rings. The van der Waals surface area contributed by atoms with Crippen molar-refractivity contribution in [3.8, 4) is 0 Å². The van der Waals surface area contributed by atoms with Crippen molar-refractivity contribution < 1.29 is 4.79 Å². The van der Waals surface area contributed by atoms with E-state index in [1.165, 1.54) is 11.4 Å². The summed E-state index contributed by atoms with van der Waals surface area (Å²) in [6.07, 6.45) is 4.93. The van der Waals surface area contributed by atoms with Gasteiger partial charge in [0, 0.05) is 35.7 Å². The second-order valence-corrected chi connectivity index (χ2v) is 8.82. The van der Waals surface area contributed by atoms with Crippen LogP contribution in [0.3, 0.4) is 0 Å². The van der Waals surface area contributed by atoms with Crippen LogP contribution in [0.15, 0.2) is 24.6 Å². The average molecular weight is 306 g/mol. The first-order chi connectivity index (χ1) is 9.94. The zero-order valence-electron chi connectivity index (χ0n) is 15.6. The summed E-state index contributed by atoms with van der Waals surface area (Å²) in [4.78, 5) is 14.2. The van der Waals surface area contributed by atoms with Gasteiger partial charge in [-0.3, -0.25) is 4.79 Å². The number of hydrogen-bond acceptors (Lipinski definition) is 2. The van der Waals surface area contributed by atoms with E-state index in [1.54, 1.807) is 0 Å². The van der Waals surface area contributed by atoms with E-state index in [-0.39, 0.29) is 10.8 Å². The molecule has 1 saturated heterocycles. The van der Waals surface area contributed by atoms with Crippen molar-refractivity contribution in [2.45, 2.75) is 73.6 Å². The molecule has 2 nitrogen and oxygen atoms in total. The van der Waals surface area contributed by atoms with Crippen molar-refractivity contribution in [3.63, 3.8) is 0 Å². The normalized spacial score (nSPS) is 19.9. The summed E-state index contributed by atoms with van der Waals surface area (Å²) in [5.41, 5.74) is 2.48. The Balaban J connectivity index is 2.36. The van der Waals surface area contributed by atoms with Crippen LogP contribution in [-0.2, 0) is 4.79 Å². The van der Waals surface area contributed by atoms with Crippen molar-refractivity contribution in [1.29, 1.82) is 0 Å². The maximum atomic E-state index is 11.9. The first-order valence-electron chi connectivity index (χ1n) is 8.62. The van der Waals surface area contributed by atoms with Gasteiger partial charge in [-0.15, -0.1) is 0 Å². The van der Waals surface area contributed by atoms with E-state index in [1.807, 2.05) is 20.8 Å². The van der Waals surface area contributed by atoms with Crippen molar-refractivity contribution in [2.75, 3.05) is 6.54 Å². The number of likely N-dealkylation sites (tertiary alicyclic amines) is 1. The van der Waals surface area contributed by atoms with E-state index in [0.717, 1.165) is 32.2 Å². The second-order valence-electron chi connectivity index (χ2n) is 8.82. The molecule has 0 amide bonds. The molecular formula is C20H35NO. The standard InChI is InChI=1S/C20H35NO/c1-15-14-17(19(3,4)5)16(2)21(15)13-11-9-10-12-18(22)20(6,7)8/h17H,1-2,9-14H2,3-8H3. The largest absolute Gasteiger partial charge is 0.349 e. The lowest BCUT2D eigenvalue weighted by atomic mass is 9.78. The summed E-state index contributed by atoms with van der Waals surface area (Å²) in [6.45, 7) is 22.3. The number of carbonyl (C=O) groups excluding carboxylic acids is 1. The van der Waals surface area contributed by atoms with Crippen LogP contribution in [0.1, 0.15) is 73.6 Å². The maximum absolute atomic E-state index is 11.9. The minimum atomic E-state index is -0.197. The Morgan fingerprint density at radius 2 is 1.68 bits per heavy atom. The van der Waals surface area contributed by atoms with Gasteiger partial charge < -0.3 is 4.90 Å². The van der Waals surface area contributed by atoms with E-state index in [4.69, 9.17) is 0 Å². The summed E-state index contributed by atoms with van der Waals surface area (Å²) in [7, 11) is 0. The molecule has 1 unspecified atom stereocenters. The van der Waals surface area contributed by atoms with Crippen LogP contribution >= 0.6 is 0 Å². The molecule has 0 saturated carbocycles. The van der Waals surface area contributed by atoms with Crippen LogP contribution in [0.4, 0.5) is 0 Å². The molecule has 1 heterocycles. The van der Waals surface area contributed by atoms with Gasteiger partial charge in [-0.1, -0.05) is 61.1 Å². The molecule has 1 fully saturated rings. The second kappa shape index (κ2) is 7.02. The monoisotopic (exact) mass is 305 g/mol. The van der Waals surface area contributed by atoms with Crippen molar-refractivity contribution in [3.05, 3.63) is 24.6 Å². The van der Waals surface area contributed by atoms with E-state index >= 15 is 0 Å². The Morgan fingerprint density at radius 3 is 2.14 bits per heavy atom. The third kappa shape index (κ3) is 5.00. The summed E-state index contributed by atoms with van der Waals surface area (Å²) >= 11 is 0. The third-order valence-corrected chi connectivity index (χ3v) is 4.74. The van der Waals surface area contributed by atoms with Gasteiger partial charge in [-0.05, 0) is 24.7 Å². The SMILES string of the molecule is C=C1CC(C(C)(C)C)C(=C)N1CCCCCC(=O)C(C)(C)C. The van der Waals surface area contributed by atoms with Gasteiger partial charge in [0.2, 0.25) is 0 Å². The van der Waals surface area contributed by atoms with Crippen LogP contribution in [0, 0.1) is 16.7 Å². The molecule has 22 heavy (non-hydrogen) atoms. The molecule has 0 radical (unpaired) electrons. The van der Waals surface area contributed by atoms with Gasteiger partial charge in [0.25, 0.3) is 0 Å². The van der Waals surface area contributed by atoms with Gasteiger partial charge in [-0.2, -0.15) is 0 Å². The van der Waals surface area contributed by atoms with Crippen molar-refractivity contribution in [1.82, 2.24) is 4.90 Å². The predicted octanol–water partition coefficient (Wildman–Crippen LogP) is 5.56. The predicted molar refractivity (Wildman–Crippen MR) is 95.5 cm³/mol. The molecule has 1 aliphatic rings. The summed E-state index contributed by atoms with van der Waals surface area (Å²) < 4.78 is 0. The number of nitrogens with zero attached hydrogens (tertiary/aromatic N) is 1. The van der Waals surface area contributed by atoms with Crippen LogP contribution in [0.2, 0.25) is 0 Å². The summed E-state index contributed by atoms with van der Waals surface area (Å²) in [5, 5.41) is 0. The molecule has 1 rings (SSSR count). The maximum Gasteiger partial charge on any atom is 0.138 e. The minimum absolute atomic E-state index is 0.197. The first kappa shape index (κ1) is 19.0. The van der Waals surface area contributed by atoms with Crippen LogP contribution in [0.5, 0.6) is 0 Å². The first-order valence-corrected chi connectivity index (χ1v) is 8.62. The number of allylic oxidation sites excluding steroid dienone is 2. The van der Waals surface area contributed by atoms with Crippen LogP contribution in [-0.4, -0.2) is 17.2 Å². The Bertz CT molecular complexity index is 434. The Kier molecular flexibility index (Phi) is 6.06. The molecule has 1 atom stereocenters. The fourth-order valence-corrected chi connectivity index (χ4v) is 3.07. The highest BCUT2D eigenvalue weighted by atomic mass is 16.1. The highest BCUT2D eigenvalue weighted by Gasteiger charge is 2.36. The van der Waals surface area contributed by atoms with Crippen molar-refractivity contribution in [2.24, 2.45) is 16.7 Å².